The Morgan fingerprint density at radius 1 is 1.26 bits per heavy atom. The highest BCUT2D eigenvalue weighted by Crippen LogP contribution is 2.28. The van der Waals surface area contributed by atoms with Crippen molar-refractivity contribution in [3.8, 4) is 11.3 Å². The van der Waals surface area contributed by atoms with Crippen LogP contribution in [0.1, 0.15) is 23.9 Å². The summed E-state index contributed by atoms with van der Waals surface area (Å²) in [4.78, 5) is 5.64. The van der Waals surface area contributed by atoms with Crippen LogP contribution in [0.15, 0.2) is 36.5 Å². The molecule has 0 spiro atoms. The quantitative estimate of drug-likeness (QED) is 0.778. The van der Waals surface area contributed by atoms with Crippen molar-refractivity contribution >= 4 is 16.3 Å². The molecule has 1 fully saturated rings. The fourth-order valence-corrected chi connectivity index (χ4v) is 3.49. The second-order valence-corrected chi connectivity index (χ2v) is 5.80. The smallest absolute Gasteiger partial charge is 0.212 e. The van der Waals surface area contributed by atoms with Crippen molar-refractivity contribution in [2.75, 3.05) is 6.54 Å². The Morgan fingerprint density at radius 3 is 2.89 bits per heavy atom. The molecule has 1 aliphatic rings. The Balaban J connectivity index is 1.71. The standard InChI is InChI=1S/C14H14N4S/c1-2-5-10(6-3-1)12-9-18-14(16-12)19-13(17-18)11-7-4-8-15-11/h1-3,5-6,9,11,15H,4,7-8H2. The zero-order valence-electron chi connectivity index (χ0n) is 10.4. The first-order valence-corrected chi connectivity index (χ1v) is 7.37. The molecule has 96 valence electrons. The van der Waals surface area contributed by atoms with Crippen LogP contribution >= 0.6 is 11.3 Å². The van der Waals surface area contributed by atoms with Crippen molar-refractivity contribution in [1.29, 1.82) is 0 Å². The molecule has 1 saturated heterocycles. The van der Waals surface area contributed by atoms with E-state index in [4.69, 9.17) is 0 Å². The summed E-state index contributed by atoms with van der Waals surface area (Å²) >= 11 is 1.69. The number of hydrogen-bond donors (Lipinski definition) is 1. The summed E-state index contributed by atoms with van der Waals surface area (Å²) in [5.74, 6) is 0. The first-order valence-electron chi connectivity index (χ1n) is 6.55. The first-order chi connectivity index (χ1) is 9.40. The minimum absolute atomic E-state index is 0.423. The summed E-state index contributed by atoms with van der Waals surface area (Å²) in [7, 11) is 0. The van der Waals surface area contributed by atoms with Gasteiger partial charge in [-0.3, -0.25) is 0 Å². The monoisotopic (exact) mass is 270 g/mol. The van der Waals surface area contributed by atoms with Gasteiger partial charge in [0.1, 0.15) is 5.01 Å². The minimum Gasteiger partial charge on any atom is -0.308 e. The topological polar surface area (TPSA) is 42.2 Å². The maximum Gasteiger partial charge on any atom is 0.212 e. The molecule has 1 unspecified atom stereocenters. The number of nitrogens with zero attached hydrogens (tertiary/aromatic N) is 3. The molecule has 0 saturated carbocycles. The van der Waals surface area contributed by atoms with Gasteiger partial charge in [-0.1, -0.05) is 41.7 Å². The van der Waals surface area contributed by atoms with Crippen LogP contribution in [-0.4, -0.2) is 21.1 Å². The predicted molar refractivity (Wildman–Crippen MR) is 76.3 cm³/mol. The normalized spacial score (nSPS) is 19.3. The predicted octanol–water partition coefficient (Wildman–Crippen LogP) is 2.88. The molecule has 2 aromatic heterocycles. The lowest BCUT2D eigenvalue weighted by Crippen LogP contribution is -2.12. The maximum atomic E-state index is 4.67. The van der Waals surface area contributed by atoms with Gasteiger partial charge in [-0.15, -0.1) is 0 Å². The molecule has 0 aliphatic carbocycles. The lowest BCUT2D eigenvalue weighted by atomic mass is 10.2. The van der Waals surface area contributed by atoms with Gasteiger partial charge in [-0.2, -0.15) is 5.10 Å². The third-order valence-corrected chi connectivity index (χ3v) is 4.52. The number of rotatable bonds is 2. The largest absolute Gasteiger partial charge is 0.308 e. The molecule has 1 N–H and O–H groups in total. The lowest BCUT2D eigenvalue weighted by molar-refractivity contribution is 0.630. The van der Waals surface area contributed by atoms with Crippen LogP contribution in [0.4, 0.5) is 0 Å². The van der Waals surface area contributed by atoms with Gasteiger partial charge in [-0.05, 0) is 19.4 Å². The van der Waals surface area contributed by atoms with E-state index in [-0.39, 0.29) is 0 Å². The Labute approximate surface area is 115 Å². The van der Waals surface area contributed by atoms with Crippen LogP contribution < -0.4 is 5.32 Å². The van der Waals surface area contributed by atoms with E-state index in [9.17, 15) is 0 Å². The zero-order chi connectivity index (χ0) is 12.7. The molecule has 0 bridgehead atoms. The molecule has 5 heteroatoms. The fraction of sp³-hybridized carbons (Fsp3) is 0.286. The molecule has 1 aliphatic heterocycles. The number of hydrogen-bond acceptors (Lipinski definition) is 4. The molecular weight excluding hydrogens is 256 g/mol. The van der Waals surface area contributed by atoms with Crippen molar-refractivity contribution < 1.29 is 0 Å². The van der Waals surface area contributed by atoms with Gasteiger partial charge < -0.3 is 5.32 Å². The average Bonchev–Trinajstić information content (AvgIpc) is 3.14. The zero-order valence-corrected chi connectivity index (χ0v) is 11.2. The van der Waals surface area contributed by atoms with Gasteiger partial charge >= 0.3 is 0 Å². The highest BCUT2D eigenvalue weighted by atomic mass is 32.1. The average molecular weight is 270 g/mol. The molecule has 1 atom stereocenters. The molecule has 4 nitrogen and oxygen atoms in total. The molecule has 3 heterocycles. The van der Waals surface area contributed by atoms with E-state index in [1.54, 1.807) is 11.3 Å². The van der Waals surface area contributed by atoms with Gasteiger partial charge in [0.25, 0.3) is 0 Å². The lowest BCUT2D eigenvalue weighted by Gasteiger charge is -2.03. The molecule has 3 aromatic rings. The number of fused-ring (bicyclic) bond motifs is 1. The Morgan fingerprint density at radius 2 is 2.16 bits per heavy atom. The van der Waals surface area contributed by atoms with E-state index in [1.807, 2.05) is 28.9 Å². The summed E-state index contributed by atoms with van der Waals surface area (Å²) in [5.41, 5.74) is 2.13. The molecule has 0 radical (unpaired) electrons. The minimum atomic E-state index is 0.423. The van der Waals surface area contributed by atoms with E-state index >= 15 is 0 Å². The van der Waals surface area contributed by atoms with Crippen molar-refractivity contribution in [2.24, 2.45) is 0 Å². The number of nitrogens with one attached hydrogen (secondary N) is 1. The number of aromatic nitrogens is 3. The SMILES string of the molecule is c1ccc(-c2cn3nc(C4CCCN4)sc3n2)cc1. The summed E-state index contributed by atoms with van der Waals surface area (Å²) in [6, 6.07) is 10.7. The van der Waals surface area contributed by atoms with E-state index < -0.39 is 0 Å². The van der Waals surface area contributed by atoms with E-state index in [2.05, 4.69) is 27.5 Å². The van der Waals surface area contributed by atoms with Crippen LogP contribution in [0.5, 0.6) is 0 Å². The van der Waals surface area contributed by atoms with Crippen LogP contribution in [0.2, 0.25) is 0 Å². The van der Waals surface area contributed by atoms with Crippen LogP contribution in [0, 0.1) is 0 Å². The van der Waals surface area contributed by atoms with Gasteiger partial charge in [0.05, 0.1) is 17.9 Å². The summed E-state index contributed by atoms with van der Waals surface area (Å²) in [6.45, 7) is 1.10. The number of benzene rings is 1. The van der Waals surface area contributed by atoms with Gasteiger partial charge in [0.2, 0.25) is 4.96 Å². The van der Waals surface area contributed by atoms with Crippen molar-refractivity contribution in [1.82, 2.24) is 19.9 Å². The fourth-order valence-electron chi connectivity index (χ4n) is 2.50. The Bertz CT molecular complexity index is 663. The van der Waals surface area contributed by atoms with Crippen LogP contribution in [0.25, 0.3) is 16.2 Å². The van der Waals surface area contributed by atoms with Gasteiger partial charge in [0.15, 0.2) is 0 Å². The van der Waals surface area contributed by atoms with Gasteiger partial charge in [-0.25, -0.2) is 9.50 Å². The van der Waals surface area contributed by atoms with Gasteiger partial charge in [0, 0.05) is 5.56 Å². The highest BCUT2D eigenvalue weighted by Gasteiger charge is 2.21. The second-order valence-electron chi connectivity index (χ2n) is 4.81. The third kappa shape index (κ3) is 1.95. The first kappa shape index (κ1) is 11.1. The van der Waals surface area contributed by atoms with Crippen LogP contribution in [-0.2, 0) is 0 Å². The van der Waals surface area contributed by atoms with Crippen molar-refractivity contribution in [2.45, 2.75) is 18.9 Å². The second kappa shape index (κ2) is 4.43. The molecule has 19 heavy (non-hydrogen) atoms. The van der Waals surface area contributed by atoms with E-state index in [0.29, 0.717) is 6.04 Å². The van der Waals surface area contributed by atoms with E-state index in [1.165, 1.54) is 12.8 Å². The molecule has 4 rings (SSSR count). The summed E-state index contributed by atoms with van der Waals surface area (Å²) in [5, 5.41) is 9.28. The molecule has 0 amide bonds. The van der Waals surface area contributed by atoms with Crippen molar-refractivity contribution in [3.05, 3.63) is 41.5 Å². The van der Waals surface area contributed by atoms with E-state index in [0.717, 1.165) is 27.8 Å². The number of imidazole rings is 1. The van der Waals surface area contributed by atoms with Crippen LogP contribution in [0.3, 0.4) is 0 Å². The Hall–Kier alpha value is -1.72. The van der Waals surface area contributed by atoms with Crippen molar-refractivity contribution in [3.63, 3.8) is 0 Å². The summed E-state index contributed by atoms with van der Waals surface area (Å²) < 4.78 is 1.91. The summed E-state index contributed by atoms with van der Waals surface area (Å²) in [6.07, 6.45) is 4.43. The third-order valence-electron chi connectivity index (χ3n) is 3.49. The highest BCUT2D eigenvalue weighted by molar-refractivity contribution is 7.16. The maximum absolute atomic E-state index is 4.67. The molecule has 1 aromatic carbocycles. The Kier molecular flexibility index (Phi) is 2.60. The molecular formula is C14H14N4S.